The molecule has 0 amide bonds. The molecule has 0 aliphatic rings. The lowest BCUT2D eigenvalue weighted by Gasteiger charge is -2.00. The predicted molar refractivity (Wildman–Crippen MR) is 47.0 cm³/mol. The molecule has 0 aromatic carbocycles. The van der Waals surface area contributed by atoms with Crippen molar-refractivity contribution in [2.24, 2.45) is 0 Å². The Bertz CT molecular complexity index is 223. The van der Waals surface area contributed by atoms with E-state index in [2.05, 4.69) is 16.5 Å². The Balaban J connectivity index is 2.20. The molecule has 0 aliphatic heterocycles. The Kier molecular flexibility index (Phi) is 3.84. The molecule has 12 heavy (non-hydrogen) atoms. The van der Waals surface area contributed by atoms with Crippen LogP contribution in [0.4, 0.5) is 0 Å². The van der Waals surface area contributed by atoms with Crippen molar-refractivity contribution in [2.45, 2.75) is 12.8 Å². The Morgan fingerprint density at radius 1 is 1.42 bits per heavy atom. The molecular weight excluding hydrogens is 152 g/mol. The number of ether oxygens (including phenoxy) is 1. The van der Waals surface area contributed by atoms with Crippen molar-refractivity contribution in [1.82, 2.24) is 9.97 Å². The number of nitrogens with zero attached hydrogens (tertiary/aromatic N) is 2. The molecule has 0 N–H and O–H groups in total. The molecule has 0 spiro atoms. The van der Waals surface area contributed by atoms with E-state index < -0.39 is 0 Å². The van der Waals surface area contributed by atoms with Crippen molar-refractivity contribution >= 4 is 0 Å². The second-order valence-electron chi connectivity index (χ2n) is 2.31. The molecule has 1 aromatic heterocycles. The lowest BCUT2D eigenvalue weighted by molar-refractivity contribution is 0.287. The average Bonchev–Trinajstić information content (AvgIpc) is 2.14. The van der Waals surface area contributed by atoms with Gasteiger partial charge in [-0.2, -0.15) is 0 Å². The fourth-order valence-electron chi connectivity index (χ4n) is 0.751. The van der Waals surface area contributed by atoms with Crippen LogP contribution < -0.4 is 4.74 Å². The first-order chi connectivity index (χ1) is 5.93. The standard InChI is InChI=1S/C9H12N2O/c1-2-3-4-8-12-9-10-6-5-7-11-9/h2,5-7H,1,3-4,8H2. The lowest BCUT2D eigenvalue weighted by Crippen LogP contribution is -1.99. The van der Waals surface area contributed by atoms with Gasteiger partial charge in [0.2, 0.25) is 0 Å². The van der Waals surface area contributed by atoms with Gasteiger partial charge >= 0.3 is 6.01 Å². The van der Waals surface area contributed by atoms with Crippen LogP contribution in [0.25, 0.3) is 0 Å². The zero-order valence-corrected chi connectivity index (χ0v) is 6.94. The topological polar surface area (TPSA) is 35.0 Å². The van der Waals surface area contributed by atoms with E-state index in [0.717, 1.165) is 12.8 Å². The summed E-state index contributed by atoms with van der Waals surface area (Å²) in [6, 6.07) is 2.21. The predicted octanol–water partition coefficient (Wildman–Crippen LogP) is 1.82. The Morgan fingerprint density at radius 3 is 2.83 bits per heavy atom. The highest BCUT2D eigenvalue weighted by atomic mass is 16.5. The number of hydrogen-bond donors (Lipinski definition) is 0. The molecule has 0 aliphatic carbocycles. The van der Waals surface area contributed by atoms with E-state index in [1.807, 2.05) is 6.08 Å². The maximum absolute atomic E-state index is 5.24. The molecular formula is C9H12N2O. The summed E-state index contributed by atoms with van der Waals surface area (Å²) in [5, 5.41) is 0. The smallest absolute Gasteiger partial charge is 0.316 e. The van der Waals surface area contributed by atoms with Gasteiger partial charge in [0.05, 0.1) is 6.61 Å². The van der Waals surface area contributed by atoms with Crippen molar-refractivity contribution < 1.29 is 4.74 Å². The summed E-state index contributed by atoms with van der Waals surface area (Å²) in [7, 11) is 0. The molecule has 0 saturated carbocycles. The summed E-state index contributed by atoms with van der Waals surface area (Å²) in [6.45, 7) is 4.27. The molecule has 0 unspecified atom stereocenters. The van der Waals surface area contributed by atoms with Crippen LogP contribution in [0.5, 0.6) is 6.01 Å². The number of unbranched alkanes of at least 4 members (excludes halogenated alkanes) is 1. The van der Waals surface area contributed by atoms with E-state index in [1.54, 1.807) is 18.5 Å². The normalized spacial score (nSPS) is 9.33. The van der Waals surface area contributed by atoms with E-state index in [1.165, 1.54) is 0 Å². The van der Waals surface area contributed by atoms with Crippen molar-refractivity contribution in [3.05, 3.63) is 31.1 Å². The van der Waals surface area contributed by atoms with Gasteiger partial charge in [-0.1, -0.05) is 6.08 Å². The molecule has 0 saturated heterocycles. The van der Waals surface area contributed by atoms with E-state index >= 15 is 0 Å². The third-order valence-corrected chi connectivity index (χ3v) is 1.33. The monoisotopic (exact) mass is 164 g/mol. The summed E-state index contributed by atoms with van der Waals surface area (Å²) >= 11 is 0. The Morgan fingerprint density at radius 2 is 2.17 bits per heavy atom. The molecule has 64 valence electrons. The van der Waals surface area contributed by atoms with Gasteiger partial charge in [-0.3, -0.25) is 0 Å². The van der Waals surface area contributed by atoms with Crippen LogP contribution in [0.15, 0.2) is 31.1 Å². The van der Waals surface area contributed by atoms with Crippen molar-refractivity contribution in [3.8, 4) is 6.01 Å². The van der Waals surface area contributed by atoms with Crippen LogP contribution >= 0.6 is 0 Å². The fourth-order valence-corrected chi connectivity index (χ4v) is 0.751. The molecule has 0 radical (unpaired) electrons. The van der Waals surface area contributed by atoms with Crippen molar-refractivity contribution in [2.75, 3.05) is 6.61 Å². The minimum Gasteiger partial charge on any atom is -0.463 e. The summed E-state index contributed by atoms with van der Waals surface area (Å²) in [5.41, 5.74) is 0. The fraction of sp³-hybridized carbons (Fsp3) is 0.333. The highest BCUT2D eigenvalue weighted by molar-refractivity contribution is 4.92. The highest BCUT2D eigenvalue weighted by Crippen LogP contribution is 1.99. The summed E-state index contributed by atoms with van der Waals surface area (Å²) < 4.78 is 5.24. The van der Waals surface area contributed by atoms with Crippen LogP contribution in [0, 0.1) is 0 Å². The number of aromatic nitrogens is 2. The van der Waals surface area contributed by atoms with Gasteiger partial charge in [0, 0.05) is 12.4 Å². The van der Waals surface area contributed by atoms with Gasteiger partial charge in [0.25, 0.3) is 0 Å². The maximum Gasteiger partial charge on any atom is 0.316 e. The van der Waals surface area contributed by atoms with Crippen molar-refractivity contribution in [1.29, 1.82) is 0 Å². The zero-order chi connectivity index (χ0) is 8.65. The quantitative estimate of drug-likeness (QED) is 0.492. The third kappa shape index (κ3) is 3.14. The van der Waals surface area contributed by atoms with Gasteiger partial charge in [0.15, 0.2) is 0 Å². The molecule has 1 heterocycles. The van der Waals surface area contributed by atoms with E-state index in [9.17, 15) is 0 Å². The van der Waals surface area contributed by atoms with Crippen LogP contribution in [-0.4, -0.2) is 16.6 Å². The molecule has 1 rings (SSSR count). The first kappa shape index (κ1) is 8.71. The van der Waals surface area contributed by atoms with Gasteiger partial charge < -0.3 is 4.74 Å². The molecule has 3 heteroatoms. The molecule has 3 nitrogen and oxygen atoms in total. The van der Waals surface area contributed by atoms with Gasteiger partial charge in [0.1, 0.15) is 0 Å². The second kappa shape index (κ2) is 5.29. The van der Waals surface area contributed by atoms with E-state index in [4.69, 9.17) is 4.74 Å². The number of hydrogen-bond acceptors (Lipinski definition) is 3. The second-order valence-corrected chi connectivity index (χ2v) is 2.31. The molecule has 1 aromatic rings. The average molecular weight is 164 g/mol. The largest absolute Gasteiger partial charge is 0.463 e. The van der Waals surface area contributed by atoms with Crippen LogP contribution in [0.2, 0.25) is 0 Å². The summed E-state index contributed by atoms with van der Waals surface area (Å²) in [5.74, 6) is 0. The van der Waals surface area contributed by atoms with Gasteiger partial charge in [-0.15, -0.1) is 6.58 Å². The molecule has 0 atom stereocenters. The van der Waals surface area contributed by atoms with Crippen LogP contribution in [0.3, 0.4) is 0 Å². The first-order valence-corrected chi connectivity index (χ1v) is 3.94. The third-order valence-electron chi connectivity index (χ3n) is 1.33. The van der Waals surface area contributed by atoms with E-state index in [0.29, 0.717) is 12.6 Å². The van der Waals surface area contributed by atoms with Crippen molar-refractivity contribution in [3.63, 3.8) is 0 Å². The first-order valence-electron chi connectivity index (χ1n) is 3.94. The zero-order valence-electron chi connectivity index (χ0n) is 6.94. The molecule has 0 bridgehead atoms. The Hall–Kier alpha value is -1.38. The Labute approximate surface area is 72.1 Å². The number of rotatable bonds is 5. The lowest BCUT2D eigenvalue weighted by atomic mass is 10.3. The van der Waals surface area contributed by atoms with Gasteiger partial charge in [-0.25, -0.2) is 9.97 Å². The number of allylic oxidation sites excluding steroid dienone is 1. The van der Waals surface area contributed by atoms with Crippen LogP contribution in [-0.2, 0) is 0 Å². The minimum atomic E-state index is 0.446. The van der Waals surface area contributed by atoms with E-state index in [-0.39, 0.29) is 0 Å². The minimum absolute atomic E-state index is 0.446. The highest BCUT2D eigenvalue weighted by Gasteiger charge is 1.92. The SMILES string of the molecule is C=CCCCOc1ncccn1. The van der Waals surface area contributed by atoms with Crippen LogP contribution in [0.1, 0.15) is 12.8 Å². The summed E-state index contributed by atoms with van der Waals surface area (Å²) in [6.07, 6.45) is 7.12. The molecule has 0 fully saturated rings. The van der Waals surface area contributed by atoms with Gasteiger partial charge in [-0.05, 0) is 18.9 Å². The maximum atomic E-state index is 5.24. The summed E-state index contributed by atoms with van der Waals surface area (Å²) in [4.78, 5) is 7.83.